The fraction of sp³-hybridized carbons (Fsp3) is 0.200. The Balaban J connectivity index is 2.36. The molecule has 2 rings (SSSR count). The third-order valence-corrected chi connectivity index (χ3v) is 2.94. The third-order valence-electron chi connectivity index (χ3n) is 2.94. The van der Waals surface area contributed by atoms with Gasteiger partial charge in [0.2, 0.25) is 5.91 Å². The number of hydrogen-bond acceptors (Lipinski definition) is 2. The number of carbonyl (C=O) groups excluding carboxylic acids is 1. The molecule has 0 aliphatic heterocycles. The summed E-state index contributed by atoms with van der Waals surface area (Å²) in [5, 5.41) is 0. The number of aromatic nitrogens is 1. The van der Waals surface area contributed by atoms with E-state index < -0.39 is 0 Å². The van der Waals surface area contributed by atoms with Crippen LogP contribution in [-0.2, 0) is 4.79 Å². The fourth-order valence-electron chi connectivity index (χ4n) is 2.00. The van der Waals surface area contributed by atoms with Crippen molar-refractivity contribution < 1.29 is 4.79 Å². The van der Waals surface area contributed by atoms with Gasteiger partial charge in [0, 0.05) is 24.2 Å². The van der Waals surface area contributed by atoms with E-state index in [2.05, 4.69) is 4.98 Å². The minimum absolute atomic E-state index is 0.0169. The molecule has 1 amide bonds. The molecule has 1 atom stereocenters. The van der Waals surface area contributed by atoms with Gasteiger partial charge in [-0.3, -0.25) is 9.78 Å². The average molecular weight is 240 g/mol. The van der Waals surface area contributed by atoms with Crippen LogP contribution >= 0.6 is 0 Å². The van der Waals surface area contributed by atoms with Crippen LogP contribution in [0.3, 0.4) is 0 Å². The zero-order valence-electron chi connectivity index (χ0n) is 10.3. The lowest BCUT2D eigenvalue weighted by molar-refractivity contribution is -0.118. The lowest BCUT2D eigenvalue weighted by atomic mass is 9.89. The Kier molecular flexibility index (Phi) is 3.72. The second-order valence-corrected chi connectivity index (χ2v) is 4.37. The van der Waals surface area contributed by atoms with E-state index in [4.69, 9.17) is 5.73 Å². The number of primary amides is 1. The van der Waals surface area contributed by atoms with E-state index in [0.29, 0.717) is 6.42 Å². The zero-order valence-corrected chi connectivity index (χ0v) is 10.3. The molecular formula is C15H16N2O. The molecule has 0 spiro atoms. The van der Waals surface area contributed by atoms with E-state index in [1.807, 2.05) is 55.6 Å². The van der Waals surface area contributed by atoms with Crippen molar-refractivity contribution in [2.75, 3.05) is 0 Å². The standard InChI is InChI=1S/C15H16N2O/c1-11-7-8-13(10-17-11)14(9-15(16)18)12-5-3-2-4-6-12/h2-8,10,14H,9H2,1H3,(H2,16,18). The van der Waals surface area contributed by atoms with Gasteiger partial charge in [-0.25, -0.2) is 0 Å². The molecule has 0 radical (unpaired) electrons. The third kappa shape index (κ3) is 2.94. The second kappa shape index (κ2) is 5.45. The number of amides is 1. The molecule has 0 aliphatic carbocycles. The van der Waals surface area contributed by atoms with E-state index in [1.54, 1.807) is 0 Å². The van der Waals surface area contributed by atoms with Crippen molar-refractivity contribution in [2.45, 2.75) is 19.3 Å². The molecule has 2 aromatic rings. The van der Waals surface area contributed by atoms with Crippen LogP contribution in [0.2, 0.25) is 0 Å². The smallest absolute Gasteiger partial charge is 0.218 e. The SMILES string of the molecule is Cc1ccc(C(CC(N)=O)c2ccccc2)cn1. The predicted octanol–water partition coefficient (Wildman–Crippen LogP) is 2.40. The van der Waals surface area contributed by atoms with Crippen molar-refractivity contribution in [1.29, 1.82) is 0 Å². The van der Waals surface area contributed by atoms with Crippen LogP contribution < -0.4 is 5.73 Å². The Bertz CT molecular complexity index is 520. The van der Waals surface area contributed by atoms with Gasteiger partial charge in [-0.05, 0) is 24.1 Å². The van der Waals surface area contributed by atoms with E-state index in [0.717, 1.165) is 16.8 Å². The van der Waals surface area contributed by atoms with E-state index >= 15 is 0 Å². The first-order valence-electron chi connectivity index (χ1n) is 5.92. The summed E-state index contributed by atoms with van der Waals surface area (Å²) in [6, 6.07) is 13.9. The van der Waals surface area contributed by atoms with Gasteiger partial charge < -0.3 is 5.73 Å². The maximum Gasteiger partial charge on any atom is 0.218 e. The first kappa shape index (κ1) is 12.3. The van der Waals surface area contributed by atoms with Crippen molar-refractivity contribution in [3.05, 3.63) is 65.5 Å². The molecule has 0 saturated carbocycles. The summed E-state index contributed by atoms with van der Waals surface area (Å²) in [6.07, 6.45) is 2.12. The quantitative estimate of drug-likeness (QED) is 0.892. The van der Waals surface area contributed by atoms with Crippen molar-refractivity contribution in [2.24, 2.45) is 5.73 Å². The average Bonchev–Trinajstić information content (AvgIpc) is 2.38. The molecule has 3 nitrogen and oxygen atoms in total. The normalized spacial score (nSPS) is 12.1. The van der Waals surface area contributed by atoms with Gasteiger partial charge in [0.25, 0.3) is 0 Å². The molecule has 2 N–H and O–H groups in total. The largest absolute Gasteiger partial charge is 0.370 e. The highest BCUT2D eigenvalue weighted by Gasteiger charge is 2.16. The highest BCUT2D eigenvalue weighted by atomic mass is 16.1. The van der Waals surface area contributed by atoms with Crippen LogP contribution in [0.4, 0.5) is 0 Å². The number of pyridine rings is 1. The van der Waals surface area contributed by atoms with Gasteiger partial charge in [-0.15, -0.1) is 0 Å². The lowest BCUT2D eigenvalue weighted by Gasteiger charge is -2.16. The highest BCUT2D eigenvalue weighted by molar-refractivity contribution is 5.75. The van der Waals surface area contributed by atoms with E-state index in [-0.39, 0.29) is 11.8 Å². The Morgan fingerprint density at radius 1 is 1.17 bits per heavy atom. The summed E-state index contributed by atoms with van der Waals surface area (Å²) in [5.41, 5.74) is 8.41. The summed E-state index contributed by atoms with van der Waals surface area (Å²) in [6.45, 7) is 1.94. The predicted molar refractivity (Wildman–Crippen MR) is 71.1 cm³/mol. The fourth-order valence-corrected chi connectivity index (χ4v) is 2.00. The first-order valence-corrected chi connectivity index (χ1v) is 5.92. The zero-order chi connectivity index (χ0) is 13.0. The number of aryl methyl sites for hydroxylation is 1. The van der Waals surface area contributed by atoms with Crippen LogP contribution in [0, 0.1) is 6.92 Å². The molecule has 1 unspecified atom stereocenters. The van der Waals surface area contributed by atoms with Crippen LogP contribution in [0.25, 0.3) is 0 Å². The summed E-state index contributed by atoms with van der Waals surface area (Å²) >= 11 is 0. The molecule has 0 saturated heterocycles. The van der Waals surface area contributed by atoms with Crippen molar-refractivity contribution >= 4 is 5.91 Å². The van der Waals surface area contributed by atoms with Crippen LogP contribution in [0.5, 0.6) is 0 Å². The monoisotopic (exact) mass is 240 g/mol. The topological polar surface area (TPSA) is 56.0 Å². The van der Waals surface area contributed by atoms with Crippen LogP contribution in [0.1, 0.15) is 29.2 Å². The summed E-state index contributed by atoms with van der Waals surface area (Å²) in [5.74, 6) is -0.318. The van der Waals surface area contributed by atoms with Gasteiger partial charge in [0.15, 0.2) is 0 Å². The maximum absolute atomic E-state index is 11.2. The maximum atomic E-state index is 11.2. The van der Waals surface area contributed by atoms with Crippen molar-refractivity contribution in [1.82, 2.24) is 4.98 Å². The molecule has 18 heavy (non-hydrogen) atoms. The Labute approximate surface area is 107 Å². The molecule has 3 heteroatoms. The summed E-state index contributed by atoms with van der Waals surface area (Å²) < 4.78 is 0. The first-order chi connectivity index (χ1) is 8.66. The summed E-state index contributed by atoms with van der Waals surface area (Å²) in [7, 11) is 0. The van der Waals surface area contributed by atoms with Gasteiger partial charge in [0.05, 0.1) is 0 Å². The Morgan fingerprint density at radius 3 is 2.44 bits per heavy atom. The number of rotatable bonds is 4. The molecular weight excluding hydrogens is 224 g/mol. The van der Waals surface area contributed by atoms with Crippen LogP contribution in [0.15, 0.2) is 48.7 Å². The van der Waals surface area contributed by atoms with E-state index in [1.165, 1.54) is 0 Å². The summed E-state index contributed by atoms with van der Waals surface area (Å²) in [4.78, 5) is 15.5. The number of hydrogen-bond donors (Lipinski definition) is 1. The number of nitrogens with zero attached hydrogens (tertiary/aromatic N) is 1. The molecule has 92 valence electrons. The molecule has 1 heterocycles. The minimum Gasteiger partial charge on any atom is -0.370 e. The lowest BCUT2D eigenvalue weighted by Crippen LogP contribution is -2.16. The molecule has 1 aromatic carbocycles. The van der Waals surface area contributed by atoms with Crippen molar-refractivity contribution in [3.63, 3.8) is 0 Å². The highest BCUT2D eigenvalue weighted by Crippen LogP contribution is 2.27. The van der Waals surface area contributed by atoms with Gasteiger partial charge in [0.1, 0.15) is 0 Å². The van der Waals surface area contributed by atoms with Gasteiger partial charge in [-0.2, -0.15) is 0 Å². The van der Waals surface area contributed by atoms with Crippen LogP contribution in [-0.4, -0.2) is 10.9 Å². The molecule has 0 aliphatic rings. The molecule has 0 fully saturated rings. The molecule has 1 aromatic heterocycles. The number of nitrogens with two attached hydrogens (primary N) is 1. The second-order valence-electron chi connectivity index (χ2n) is 4.37. The van der Waals surface area contributed by atoms with Gasteiger partial charge >= 0.3 is 0 Å². The molecule has 0 bridgehead atoms. The Morgan fingerprint density at radius 2 is 1.89 bits per heavy atom. The number of benzene rings is 1. The minimum atomic E-state index is -0.301. The van der Waals surface area contributed by atoms with E-state index in [9.17, 15) is 4.79 Å². The number of carbonyl (C=O) groups is 1. The van der Waals surface area contributed by atoms with Gasteiger partial charge in [-0.1, -0.05) is 36.4 Å². The Hall–Kier alpha value is -2.16. The van der Waals surface area contributed by atoms with Crippen molar-refractivity contribution in [3.8, 4) is 0 Å².